The third kappa shape index (κ3) is 1.70. The summed E-state index contributed by atoms with van der Waals surface area (Å²) in [5.41, 5.74) is 6.53. The topological polar surface area (TPSA) is 48.1 Å². The fourth-order valence-corrected chi connectivity index (χ4v) is 1.35. The summed E-state index contributed by atoms with van der Waals surface area (Å²) in [5.74, 6) is 0.906. The van der Waals surface area contributed by atoms with Gasteiger partial charge in [0.15, 0.2) is 0 Å². The molecule has 1 atom stereocenters. The van der Waals surface area contributed by atoms with Crippen LogP contribution < -0.4 is 5.73 Å². The van der Waals surface area contributed by atoms with Crippen LogP contribution in [-0.2, 0) is 4.74 Å². The molecule has 68 valence electrons. The minimum absolute atomic E-state index is 0.148. The van der Waals surface area contributed by atoms with Crippen molar-refractivity contribution in [3.63, 3.8) is 0 Å². The van der Waals surface area contributed by atoms with Gasteiger partial charge in [-0.15, -0.1) is 0 Å². The minimum atomic E-state index is 0.148. The van der Waals surface area contributed by atoms with Gasteiger partial charge in [-0.1, -0.05) is 0 Å². The van der Waals surface area contributed by atoms with E-state index in [1.165, 1.54) is 0 Å². The Morgan fingerprint density at radius 1 is 1.62 bits per heavy atom. The highest BCUT2D eigenvalue weighted by atomic mass is 16.5. The van der Waals surface area contributed by atoms with Gasteiger partial charge >= 0.3 is 0 Å². The summed E-state index contributed by atoms with van der Waals surface area (Å²) in [6.45, 7) is 0.570. The zero-order valence-corrected chi connectivity index (χ0v) is 7.31. The lowest BCUT2D eigenvalue weighted by Gasteiger charge is -2.10. The van der Waals surface area contributed by atoms with Gasteiger partial charge in [-0.3, -0.25) is 4.98 Å². The van der Waals surface area contributed by atoms with Crippen molar-refractivity contribution in [3.05, 3.63) is 36.2 Å². The molecule has 0 radical (unpaired) electrons. The number of ether oxygens (including phenoxy) is 1. The zero-order valence-electron chi connectivity index (χ0n) is 7.31. The summed E-state index contributed by atoms with van der Waals surface area (Å²) < 4.78 is 5.59. The number of nitrogens with zero attached hydrogens (tertiary/aromatic N) is 1. The lowest BCUT2D eigenvalue weighted by Crippen LogP contribution is -2.18. The average molecular weight is 176 g/mol. The summed E-state index contributed by atoms with van der Waals surface area (Å²) in [5, 5.41) is 0. The molecule has 2 rings (SSSR count). The van der Waals surface area contributed by atoms with Gasteiger partial charge < -0.3 is 10.5 Å². The first-order chi connectivity index (χ1) is 6.40. The molecule has 1 aliphatic rings. The molecule has 3 nitrogen and oxygen atoms in total. The van der Waals surface area contributed by atoms with Crippen molar-refractivity contribution in [2.45, 2.75) is 12.5 Å². The first-order valence-electron chi connectivity index (χ1n) is 4.37. The second-order valence-electron chi connectivity index (χ2n) is 3.02. The van der Waals surface area contributed by atoms with Crippen molar-refractivity contribution in [2.75, 3.05) is 6.54 Å². The van der Waals surface area contributed by atoms with Gasteiger partial charge in [-0.05, 0) is 18.2 Å². The molecule has 1 aliphatic heterocycles. The van der Waals surface area contributed by atoms with Gasteiger partial charge in [0.2, 0.25) is 0 Å². The van der Waals surface area contributed by atoms with E-state index in [0.29, 0.717) is 6.54 Å². The molecular formula is C10H12N2O. The molecule has 3 heteroatoms. The Morgan fingerprint density at radius 2 is 2.54 bits per heavy atom. The molecule has 2 N–H and O–H groups in total. The molecule has 13 heavy (non-hydrogen) atoms. The van der Waals surface area contributed by atoms with Crippen molar-refractivity contribution in [1.29, 1.82) is 0 Å². The van der Waals surface area contributed by atoms with Crippen molar-refractivity contribution in [3.8, 4) is 0 Å². The summed E-state index contributed by atoms with van der Waals surface area (Å²) in [4.78, 5) is 4.03. The van der Waals surface area contributed by atoms with E-state index in [4.69, 9.17) is 10.5 Å². The SMILES string of the molecule is NCC1CC=C(c2cccnc2)O1. The molecule has 1 aromatic heterocycles. The van der Waals surface area contributed by atoms with Gasteiger partial charge in [-0.2, -0.15) is 0 Å². The van der Waals surface area contributed by atoms with Gasteiger partial charge in [0.25, 0.3) is 0 Å². The predicted octanol–water partition coefficient (Wildman–Crippen LogP) is 1.17. The van der Waals surface area contributed by atoms with Crippen LogP contribution in [0.2, 0.25) is 0 Å². The van der Waals surface area contributed by atoms with Crippen molar-refractivity contribution in [1.82, 2.24) is 4.98 Å². The Balaban J connectivity index is 2.12. The highest BCUT2D eigenvalue weighted by Crippen LogP contribution is 2.24. The van der Waals surface area contributed by atoms with E-state index in [0.717, 1.165) is 17.7 Å². The van der Waals surface area contributed by atoms with Gasteiger partial charge in [0, 0.05) is 30.9 Å². The van der Waals surface area contributed by atoms with Crippen LogP contribution in [0.5, 0.6) is 0 Å². The highest BCUT2D eigenvalue weighted by Gasteiger charge is 2.17. The minimum Gasteiger partial charge on any atom is -0.488 e. The maximum atomic E-state index is 5.59. The second-order valence-corrected chi connectivity index (χ2v) is 3.02. The van der Waals surface area contributed by atoms with Gasteiger partial charge in [0.05, 0.1) is 0 Å². The molecule has 0 bridgehead atoms. The monoisotopic (exact) mass is 176 g/mol. The molecule has 0 spiro atoms. The van der Waals surface area contributed by atoms with E-state index in [9.17, 15) is 0 Å². The Hall–Kier alpha value is -1.35. The molecule has 0 saturated heterocycles. The van der Waals surface area contributed by atoms with Crippen LogP contribution in [0.15, 0.2) is 30.6 Å². The Kier molecular flexibility index (Phi) is 2.27. The fraction of sp³-hybridized carbons (Fsp3) is 0.300. The molecular weight excluding hydrogens is 164 g/mol. The number of hydrogen-bond donors (Lipinski definition) is 1. The largest absolute Gasteiger partial charge is 0.488 e. The van der Waals surface area contributed by atoms with Crippen molar-refractivity contribution >= 4 is 5.76 Å². The maximum absolute atomic E-state index is 5.59. The molecule has 1 aromatic rings. The molecule has 0 aliphatic carbocycles. The summed E-state index contributed by atoms with van der Waals surface area (Å²) in [6.07, 6.45) is 6.66. The lowest BCUT2D eigenvalue weighted by molar-refractivity contribution is 0.198. The number of rotatable bonds is 2. The Labute approximate surface area is 77.2 Å². The van der Waals surface area contributed by atoms with Crippen LogP contribution in [0.25, 0.3) is 5.76 Å². The zero-order chi connectivity index (χ0) is 9.10. The van der Waals surface area contributed by atoms with Crippen LogP contribution in [-0.4, -0.2) is 17.6 Å². The molecule has 0 fully saturated rings. The van der Waals surface area contributed by atoms with E-state index in [2.05, 4.69) is 11.1 Å². The van der Waals surface area contributed by atoms with E-state index in [1.54, 1.807) is 12.4 Å². The standard InChI is InChI=1S/C10H12N2O/c11-6-9-3-4-10(13-9)8-2-1-5-12-7-8/h1-2,4-5,7,9H,3,6,11H2. The van der Waals surface area contributed by atoms with Crippen LogP contribution in [0.1, 0.15) is 12.0 Å². The number of aromatic nitrogens is 1. The number of nitrogens with two attached hydrogens (primary N) is 1. The lowest BCUT2D eigenvalue weighted by atomic mass is 10.2. The van der Waals surface area contributed by atoms with E-state index in [-0.39, 0.29) is 6.10 Å². The fourth-order valence-electron chi connectivity index (χ4n) is 1.35. The number of pyridine rings is 1. The van der Waals surface area contributed by atoms with Crippen LogP contribution in [0.4, 0.5) is 0 Å². The maximum Gasteiger partial charge on any atom is 0.124 e. The molecule has 0 amide bonds. The van der Waals surface area contributed by atoms with Gasteiger partial charge in [0.1, 0.15) is 11.9 Å². The van der Waals surface area contributed by atoms with Crippen LogP contribution in [0.3, 0.4) is 0 Å². The van der Waals surface area contributed by atoms with Crippen molar-refractivity contribution in [2.24, 2.45) is 5.73 Å². The smallest absolute Gasteiger partial charge is 0.124 e. The van der Waals surface area contributed by atoms with E-state index < -0.39 is 0 Å². The second kappa shape index (κ2) is 3.58. The van der Waals surface area contributed by atoms with E-state index >= 15 is 0 Å². The molecule has 0 saturated carbocycles. The van der Waals surface area contributed by atoms with Crippen molar-refractivity contribution < 1.29 is 4.74 Å². The summed E-state index contributed by atoms with van der Waals surface area (Å²) >= 11 is 0. The van der Waals surface area contributed by atoms with E-state index in [1.807, 2.05) is 12.1 Å². The van der Waals surface area contributed by atoms with Gasteiger partial charge in [-0.25, -0.2) is 0 Å². The first kappa shape index (κ1) is 8.26. The first-order valence-corrected chi connectivity index (χ1v) is 4.37. The predicted molar refractivity (Wildman–Crippen MR) is 50.8 cm³/mol. The molecule has 2 heterocycles. The third-order valence-electron chi connectivity index (χ3n) is 2.07. The molecule has 1 unspecified atom stereocenters. The highest BCUT2D eigenvalue weighted by molar-refractivity contribution is 5.60. The average Bonchev–Trinajstić information content (AvgIpc) is 2.67. The summed E-state index contributed by atoms with van der Waals surface area (Å²) in [6, 6.07) is 3.88. The Morgan fingerprint density at radius 3 is 3.15 bits per heavy atom. The summed E-state index contributed by atoms with van der Waals surface area (Å²) in [7, 11) is 0. The van der Waals surface area contributed by atoms with Crippen LogP contribution in [0, 0.1) is 0 Å². The quantitative estimate of drug-likeness (QED) is 0.735. The third-order valence-corrected chi connectivity index (χ3v) is 2.07. The Bertz CT molecular complexity index is 308. The molecule has 0 aromatic carbocycles. The normalized spacial score (nSPS) is 21.0. The number of hydrogen-bond acceptors (Lipinski definition) is 3. The van der Waals surface area contributed by atoms with Crippen LogP contribution >= 0.6 is 0 Å².